The molecule has 0 heterocycles. The number of phenolic OH excluding ortho intramolecular Hbond substituents is 1. The van der Waals surface area contributed by atoms with Gasteiger partial charge in [0.2, 0.25) is 0 Å². The van der Waals surface area contributed by atoms with Crippen LogP contribution in [0.1, 0.15) is 30.9 Å². The fourth-order valence-corrected chi connectivity index (χ4v) is 1.98. The number of nitrogens with two attached hydrogens (primary N) is 1. The first-order chi connectivity index (χ1) is 7.59. The van der Waals surface area contributed by atoms with Gasteiger partial charge >= 0.3 is 0 Å². The molecule has 3 N–H and O–H groups in total. The first kappa shape index (κ1) is 13.7. The molecule has 17 heavy (non-hydrogen) atoms. The number of nitro groups is 1. The Kier molecular flexibility index (Phi) is 4.31. The highest BCUT2D eigenvalue weighted by Gasteiger charge is 2.28. The minimum absolute atomic E-state index is 0. The van der Waals surface area contributed by atoms with Gasteiger partial charge in [0.25, 0.3) is 5.69 Å². The Morgan fingerprint density at radius 2 is 2.12 bits per heavy atom. The summed E-state index contributed by atoms with van der Waals surface area (Å²) in [5, 5.41) is 20.3. The SMILES string of the molecule is Cl.N[C@H](c1cc([N+](=O)[O-])ccc1O)C1CCC1. The molecule has 0 amide bonds. The average Bonchev–Trinajstić information content (AvgIpc) is 2.15. The Morgan fingerprint density at radius 1 is 1.47 bits per heavy atom. The van der Waals surface area contributed by atoms with Gasteiger partial charge < -0.3 is 10.8 Å². The highest BCUT2D eigenvalue weighted by Crippen LogP contribution is 2.39. The molecule has 1 atom stereocenters. The Labute approximate surface area is 105 Å². The highest BCUT2D eigenvalue weighted by atomic mass is 35.5. The number of phenols is 1. The molecule has 1 saturated carbocycles. The van der Waals surface area contributed by atoms with Crippen LogP contribution >= 0.6 is 12.4 Å². The lowest BCUT2D eigenvalue weighted by Crippen LogP contribution is -2.26. The van der Waals surface area contributed by atoms with Crippen LogP contribution in [0.25, 0.3) is 0 Å². The second-order valence-corrected chi connectivity index (χ2v) is 4.22. The molecule has 1 aliphatic carbocycles. The topological polar surface area (TPSA) is 89.4 Å². The number of aromatic hydroxyl groups is 1. The normalized spacial score (nSPS) is 16.8. The Bertz CT molecular complexity index is 421. The Morgan fingerprint density at radius 3 is 2.59 bits per heavy atom. The van der Waals surface area contributed by atoms with Crippen LogP contribution in [0.15, 0.2) is 18.2 Å². The van der Waals surface area contributed by atoms with Gasteiger partial charge in [-0.15, -0.1) is 12.4 Å². The van der Waals surface area contributed by atoms with E-state index in [9.17, 15) is 15.2 Å². The van der Waals surface area contributed by atoms with E-state index in [2.05, 4.69) is 0 Å². The summed E-state index contributed by atoms with van der Waals surface area (Å²) in [5.41, 5.74) is 6.45. The second kappa shape index (κ2) is 5.33. The molecule has 1 aromatic rings. The van der Waals surface area contributed by atoms with E-state index in [1.165, 1.54) is 18.2 Å². The smallest absolute Gasteiger partial charge is 0.270 e. The third-order valence-electron chi connectivity index (χ3n) is 3.24. The average molecular weight is 259 g/mol. The molecule has 1 fully saturated rings. The van der Waals surface area contributed by atoms with Gasteiger partial charge in [0, 0.05) is 23.7 Å². The molecule has 0 bridgehead atoms. The van der Waals surface area contributed by atoms with Gasteiger partial charge in [0.1, 0.15) is 5.75 Å². The van der Waals surface area contributed by atoms with Crippen molar-refractivity contribution in [2.24, 2.45) is 11.7 Å². The van der Waals surface area contributed by atoms with E-state index in [1.54, 1.807) is 0 Å². The summed E-state index contributed by atoms with van der Waals surface area (Å²) in [4.78, 5) is 10.1. The fourth-order valence-electron chi connectivity index (χ4n) is 1.98. The molecule has 2 rings (SSSR count). The maximum atomic E-state index is 10.6. The van der Waals surface area contributed by atoms with E-state index in [-0.39, 0.29) is 29.9 Å². The van der Waals surface area contributed by atoms with Crippen LogP contribution in [-0.4, -0.2) is 10.0 Å². The van der Waals surface area contributed by atoms with Crippen molar-refractivity contribution in [2.75, 3.05) is 0 Å². The first-order valence-electron chi connectivity index (χ1n) is 5.32. The summed E-state index contributed by atoms with van der Waals surface area (Å²) in [7, 11) is 0. The van der Waals surface area contributed by atoms with Crippen molar-refractivity contribution in [1.82, 2.24) is 0 Å². The molecule has 1 aliphatic rings. The lowest BCUT2D eigenvalue weighted by atomic mass is 9.77. The van der Waals surface area contributed by atoms with Crippen molar-refractivity contribution < 1.29 is 10.0 Å². The van der Waals surface area contributed by atoms with Crippen molar-refractivity contribution in [3.63, 3.8) is 0 Å². The number of non-ortho nitro benzene ring substituents is 1. The molecule has 0 aliphatic heterocycles. The van der Waals surface area contributed by atoms with Crippen molar-refractivity contribution in [2.45, 2.75) is 25.3 Å². The van der Waals surface area contributed by atoms with Crippen LogP contribution in [0.2, 0.25) is 0 Å². The van der Waals surface area contributed by atoms with Crippen LogP contribution in [-0.2, 0) is 0 Å². The van der Waals surface area contributed by atoms with E-state index >= 15 is 0 Å². The minimum atomic E-state index is -0.476. The van der Waals surface area contributed by atoms with E-state index in [0.717, 1.165) is 19.3 Å². The number of hydrogen-bond donors (Lipinski definition) is 2. The van der Waals surface area contributed by atoms with Crippen LogP contribution in [0.3, 0.4) is 0 Å². The molecule has 1 aromatic carbocycles. The van der Waals surface area contributed by atoms with E-state index < -0.39 is 4.92 Å². The molecular weight excluding hydrogens is 244 g/mol. The summed E-state index contributed by atoms with van der Waals surface area (Å²) in [6.07, 6.45) is 3.21. The number of rotatable bonds is 3. The van der Waals surface area contributed by atoms with E-state index in [1.807, 2.05) is 0 Å². The number of benzene rings is 1. The summed E-state index contributed by atoms with van der Waals surface area (Å²) in [5.74, 6) is 0.387. The maximum absolute atomic E-state index is 10.6. The summed E-state index contributed by atoms with van der Waals surface area (Å²) < 4.78 is 0. The van der Waals surface area contributed by atoms with Gasteiger partial charge in [-0.05, 0) is 24.8 Å². The molecule has 0 saturated heterocycles. The van der Waals surface area contributed by atoms with Gasteiger partial charge in [0.05, 0.1) is 4.92 Å². The monoisotopic (exact) mass is 258 g/mol. The van der Waals surface area contributed by atoms with Gasteiger partial charge in [-0.1, -0.05) is 6.42 Å². The first-order valence-corrected chi connectivity index (χ1v) is 5.32. The predicted octanol–water partition coefficient (Wildman–Crippen LogP) is 2.52. The maximum Gasteiger partial charge on any atom is 0.270 e. The van der Waals surface area contributed by atoms with Gasteiger partial charge in [0.15, 0.2) is 0 Å². The standard InChI is InChI=1S/C11H14N2O3.ClH/c12-11(7-2-1-3-7)9-6-8(13(15)16)4-5-10(9)14;/h4-7,11,14H,1-3,12H2;1H/t11-;/m0./s1. The molecule has 0 radical (unpaired) electrons. The van der Waals surface area contributed by atoms with Gasteiger partial charge in [-0.25, -0.2) is 0 Å². The fraction of sp³-hybridized carbons (Fsp3) is 0.455. The lowest BCUT2D eigenvalue weighted by Gasteiger charge is -2.31. The zero-order valence-electron chi connectivity index (χ0n) is 9.20. The molecule has 5 nitrogen and oxygen atoms in total. The number of nitrogens with zero attached hydrogens (tertiary/aromatic N) is 1. The van der Waals surface area contributed by atoms with Crippen molar-refractivity contribution in [1.29, 1.82) is 0 Å². The zero-order chi connectivity index (χ0) is 11.7. The summed E-state index contributed by atoms with van der Waals surface area (Å²) in [6.45, 7) is 0. The van der Waals surface area contributed by atoms with Crippen LogP contribution in [0.4, 0.5) is 5.69 Å². The molecule has 94 valence electrons. The zero-order valence-corrected chi connectivity index (χ0v) is 10.0. The molecule has 6 heteroatoms. The number of nitro benzene ring substituents is 1. The van der Waals surface area contributed by atoms with Crippen molar-refractivity contribution in [3.05, 3.63) is 33.9 Å². The molecular formula is C11H15ClN2O3. The number of halogens is 1. The molecule has 0 aromatic heterocycles. The number of hydrogen-bond acceptors (Lipinski definition) is 4. The predicted molar refractivity (Wildman–Crippen MR) is 66.3 cm³/mol. The third kappa shape index (κ3) is 2.68. The summed E-state index contributed by atoms with van der Waals surface area (Å²) in [6, 6.07) is 3.70. The van der Waals surface area contributed by atoms with Crippen LogP contribution in [0, 0.1) is 16.0 Å². The van der Waals surface area contributed by atoms with Crippen molar-refractivity contribution >= 4 is 18.1 Å². The van der Waals surface area contributed by atoms with Crippen LogP contribution in [0.5, 0.6) is 5.75 Å². The Hall–Kier alpha value is -1.33. The van der Waals surface area contributed by atoms with Gasteiger partial charge in [-0.3, -0.25) is 10.1 Å². The Balaban J connectivity index is 0.00000144. The van der Waals surface area contributed by atoms with E-state index in [4.69, 9.17) is 5.73 Å². The largest absolute Gasteiger partial charge is 0.508 e. The van der Waals surface area contributed by atoms with Gasteiger partial charge in [-0.2, -0.15) is 0 Å². The molecule has 0 spiro atoms. The van der Waals surface area contributed by atoms with Crippen LogP contribution < -0.4 is 5.73 Å². The second-order valence-electron chi connectivity index (χ2n) is 4.22. The minimum Gasteiger partial charge on any atom is -0.508 e. The quantitative estimate of drug-likeness (QED) is 0.644. The lowest BCUT2D eigenvalue weighted by molar-refractivity contribution is -0.385. The third-order valence-corrected chi connectivity index (χ3v) is 3.24. The summed E-state index contributed by atoms with van der Waals surface area (Å²) >= 11 is 0. The molecule has 0 unspecified atom stereocenters. The van der Waals surface area contributed by atoms with Crippen molar-refractivity contribution in [3.8, 4) is 5.75 Å². The highest BCUT2D eigenvalue weighted by molar-refractivity contribution is 5.85. The van der Waals surface area contributed by atoms with E-state index in [0.29, 0.717) is 11.5 Å².